The number of nitrogens with zero attached hydrogens (tertiary/aromatic N) is 2. The zero-order chi connectivity index (χ0) is 23.9. The third-order valence-corrected chi connectivity index (χ3v) is 7.31. The molecule has 1 fully saturated rings. The first kappa shape index (κ1) is 23.1. The van der Waals surface area contributed by atoms with Crippen molar-refractivity contribution in [2.24, 2.45) is 0 Å². The van der Waals surface area contributed by atoms with Gasteiger partial charge in [0.25, 0.3) is 0 Å². The summed E-state index contributed by atoms with van der Waals surface area (Å²) in [6.45, 7) is 3.65. The highest BCUT2D eigenvalue weighted by molar-refractivity contribution is 6.36. The molecule has 2 aromatic heterocycles. The van der Waals surface area contributed by atoms with E-state index in [2.05, 4.69) is 15.3 Å². The number of hydrogen-bond acceptors (Lipinski definition) is 6. The molecule has 9 heteroatoms. The Morgan fingerprint density at radius 2 is 1.85 bits per heavy atom. The third-order valence-electron chi connectivity index (χ3n) is 6.59. The molecule has 1 aromatic carbocycles. The molecule has 5 rings (SSSR count). The van der Waals surface area contributed by atoms with Crippen LogP contribution in [0.25, 0.3) is 11.1 Å². The minimum Gasteiger partial charge on any atom is -0.485 e. The molecule has 0 radical (unpaired) electrons. The molecule has 4 heterocycles. The fourth-order valence-electron chi connectivity index (χ4n) is 4.64. The number of pyridine rings is 2. The number of aryl methyl sites for hydroxylation is 1. The first-order chi connectivity index (χ1) is 16.3. The Kier molecular flexibility index (Phi) is 6.27. The van der Waals surface area contributed by atoms with Crippen LogP contribution in [0.1, 0.15) is 43.5 Å². The van der Waals surface area contributed by atoms with Gasteiger partial charge in [-0.25, -0.2) is 9.37 Å². The van der Waals surface area contributed by atoms with Gasteiger partial charge in [-0.05, 0) is 70.0 Å². The molecule has 0 unspecified atom stereocenters. The van der Waals surface area contributed by atoms with Gasteiger partial charge in [0.05, 0.1) is 10.7 Å². The maximum atomic E-state index is 14.0. The van der Waals surface area contributed by atoms with Gasteiger partial charge in [-0.2, -0.15) is 0 Å². The molecular weight excluding hydrogens is 478 g/mol. The number of anilines is 1. The Morgan fingerprint density at radius 1 is 1.12 bits per heavy atom. The predicted octanol–water partition coefficient (Wildman–Crippen LogP) is 5.76. The summed E-state index contributed by atoms with van der Waals surface area (Å²) in [5, 5.41) is 3.63. The molecular formula is C25H25Cl2FN4O2. The highest BCUT2D eigenvalue weighted by atomic mass is 35.5. The van der Waals surface area contributed by atoms with E-state index >= 15 is 0 Å². The van der Waals surface area contributed by atoms with E-state index in [9.17, 15) is 4.39 Å². The minimum absolute atomic E-state index is 0.0782. The number of nitrogens with one attached hydrogen (secondary N) is 1. The fraction of sp³-hybridized carbons (Fsp3) is 0.360. The number of aromatic nitrogens is 2. The topological polar surface area (TPSA) is 82.3 Å². The van der Waals surface area contributed by atoms with Gasteiger partial charge in [0.15, 0.2) is 11.6 Å². The van der Waals surface area contributed by atoms with Crippen molar-refractivity contribution >= 4 is 29.0 Å². The van der Waals surface area contributed by atoms with E-state index in [0.717, 1.165) is 61.3 Å². The quantitative estimate of drug-likeness (QED) is 0.441. The first-order valence-electron chi connectivity index (χ1n) is 11.3. The lowest BCUT2D eigenvalue weighted by Crippen LogP contribution is -2.48. The molecule has 1 spiro atoms. The Bertz CT molecular complexity index is 1230. The Balaban J connectivity index is 1.42. The highest BCUT2D eigenvalue weighted by Gasteiger charge is 2.38. The van der Waals surface area contributed by atoms with Crippen LogP contribution in [0.5, 0.6) is 11.5 Å². The van der Waals surface area contributed by atoms with Crippen molar-refractivity contribution in [3.05, 3.63) is 63.8 Å². The van der Waals surface area contributed by atoms with Crippen LogP contribution < -0.4 is 20.5 Å². The van der Waals surface area contributed by atoms with Crippen molar-refractivity contribution in [2.75, 3.05) is 18.8 Å². The standard InChI is InChI=1S/C25H25Cl2FN4O2/c1-14(22-17(26)2-3-18(28)23(22)27)33-21-11-16(13-32-24(21)29)15-10-20-19(31-12-15)4-5-25(34-20)6-8-30-9-7-25/h2-3,10-14,30H,4-9H2,1H3,(H2,29,32)/t14-/m1/s1. The number of nitrogen functional groups attached to an aromatic ring is 1. The molecule has 0 aliphatic carbocycles. The highest BCUT2D eigenvalue weighted by Crippen LogP contribution is 2.40. The number of rotatable bonds is 4. The molecule has 3 N–H and O–H groups in total. The van der Waals surface area contributed by atoms with Crippen molar-refractivity contribution in [3.8, 4) is 22.6 Å². The molecule has 2 aliphatic rings. The Labute approximate surface area is 207 Å². The zero-order valence-electron chi connectivity index (χ0n) is 18.7. The van der Waals surface area contributed by atoms with Crippen LogP contribution in [-0.2, 0) is 6.42 Å². The molecule has 6 nitrogen and oxygen atoms in total. The van der Waals surface area contributed by atoms with Gasteiger partial charge in [0.2, 0.25) is 0 Å². The number of nitrogens with two attached hydrogens (primary N) is 1. The lowest BCUT2D eigenvalue weighted by molar-refractivity contribution is 0.0159. The summed E-state index contributed by atoms with van der Waals surface area (Å²) in [6.07, 6.45) is 6.68. The van der Waals surface area contributed by atoms with Crippen LogP contribution in [0.2, 0.25) is 10.0 Å². The second-order valence-electron chi connectivity index (χ2n) is 8.83. The van der Waals surface area contributed by atoms with E-state index < -0.39 is 11.9 Å². The number of hydrogen-bond donors (Lipinski definition) is 2. The fourth-order valence-corrected chi connectivity index (χ4v) is 5.32. The summed E-state index contributed by atoms with van der Waals surface area (Å²) in [6, 6.07) is 6.46. The van der Waals surface area contributed by atoms with Gasteiger partial charge in [-0.1, -0.05) is 23.2 Å². The molecule has 34 heavy (non-hydrogen) atoms. The monoisotopic (exact) mass is 502 g/mol. The number of halogens is 3. The summed E-state index contributed by atoms with van der Waals surface area (Å²) >= 11 is 12.4. The minimum atomic E-state index is -0.653. The second-order valence-corrected chi connectivity index (χ2v) is 9.61. The largest absolute Gasteiger partial charge is 0.485 e. The van der Waals surface area contributed by atoms with Crippen molar-refractivity contribution in [1.82, 2.24) is 15.3 Å². The van der Waals surface area contributed by atoms with Crippen LogP contribution >= 0.6 is 23.2 Å². The van der Waals surface area contributed by atoms with Gasteiger partial charge in [-0.3, -0.25) is 4.98 Å². The third kappa shape index (κ3) is 4.40. The average Bonchev–Trinajstić information content (AvgIpc) is 2.83. The van der Waals surface area contributed by atoms with Crippen LogP contribution in [0.15, 0.2) is 36.7 Å². The number of piperidine rings is 1. The maximum absolute atomic E-state index is 14.0. The SMILES string of the molecule is C[C@@H](Oc1cc(-c2cnc3c(c2)OC2(CCNCC2)CC3)cnc1N)c1c(Cl)ccc(F)c1Cl. The van der Waals surface area contributed by atoms with Crippen LogP contribution in [0.3, 0.4) is 0 Å². The predicted molar refractivity (Wildman–Crippen MR) is 131 cm³/mol. The molecule has 0 amide bonds. The first-order valence-corrected chi connectivity index (χ1v) is 12.1. The van der Waals surface area contributed by atoms with Gasteiger partial charge >= 0.3 is 0 Å². The smallest absolute Gasteiger partial charge is 0.166 e. The van der Waals surface area contributed by atoms with E-state index in [1.165, 1.54) is 12.1 Å². The van der Waals surface area contributed by atoms with Crippen molar-refractivity contribution < 1.29 is 13.9 Å². The van der Waals surface area contributed by atoms with Crippen molar-refractivity contribution in [3.63, 3.8) is 0 Å². The molecule has 2 aliphatic heterocycles. The van der Waals surface area contributed by atoms with E-state index in [-0.39, 0.29) is 16.4 Å². The lowest BCUT2D eigenvalue weighted by atomic mass is 9.84. The van der Waals surface area contributed by atoms with Crippen molar-refractivity contribution in [1.29, 1.82) is 0 Å². The Hall–Kier alpha value is -2.61. The number of benzene rings is 1. The number of fused-ring (bicyclic) bond motifs is 1. The molecule has 0 saturated carbocycles. The van der Waals surface area contributed by atoms with Gasteiger partial charge in [0.1, 0.15) is 23.3 Å². The molecule has 178 valence electrons. The van der Waals surface area contributed by atoms with Gasteiger partial charge < -0.3 is 20.5 Å². The summed E-state index contributed by atoms with van der Waals surface area (Å²) in [4.78, 5) is 8.95. The summed E-state index contributed by atoms with van der Waals surface area (Å²) < 4.78 is 26.5. The van der Waals surface area contributed by atoms with E-state index in [1.807, 2.05) is 12.3 Å². The van der Waals surface area contributed by atoms with E-state index in [1.54, 1.807) is 19.2 Å². The second kappa shape index (κ2) is 9.21. The van der Waals surface area contributed by atoms with Crippen LogP contribution in [-0.4, -0.2) is 28.7 Å². The normalized spacial score (nSPS) is 17.6. The van der Waals surface area contributed by atoms with Gasteiger partial charge in [-0.15, -0.1) is 0 Å². The summed E-state index contributed by atoms with van der Waals surface area (Å²) in [5.74, 6) is 0.796. The number of ether oxygens (including phenoxy) is 2. The average molecular weight is 503 g/mol. The maximum Gasteiger partial charge on any atom is 0.166 e. The summed E-state index contributed by atoms with van der Waals surface area (Å²) in [5.41, 5.74) is 8.90. The van der Waals surface area contributed by atoms with Crippen LogP contribution in [0, 0.1) is 5.82 Å². The zero-order valence-corrected chi connectivity index (χ0v) is 20.2. The lowest BCUT2D eigenvalue weighted by Gasteiger charge is -2.41. The van der Waals surface area contributed by atoms with Crippen LogP contribution in [0.4, 0.5) is 10.2 Å². The van der Waals surface area contributed by atoms with E-state index in [0.29, 0.717) is 16.3 Å². The molecule has 3 aromatic rings. The van der Waals surface area contributed by atoms with Crippen molar-refractivity contribution in [2.45, 2.75) is 44.3 Å². The molecule has 0 bridgehead atoms. The Morgan fingerprint density at radius 3 is 2.65 bits per heavy atom. The summed E-state index contributed by atoms with van der Waals surface area (Å²) in [7, 11) is 0. The molecule has 1 saturated heterocycles. The van der Waals surface area contributed by atoms with E-state index in [4.69, 9.17) is 38.4 Å². The molecule has 1 atom stereocenters. The van der Waals surface area contributed by atoms with Gasteiger partial charge in [0, 0.05) is 34.1 Å².